The van der Waals surface area contributed by atoms with Gasteiger partial charge in [0.05, 0.1) is 16.2 Å². The van der Waals surface area contributed by atoms with Crippen molar-refractivity contribution in [2.24, 2.45) is 0 Å². The monoisotopic (exact) mass is 456 g/mol. The van der Waals surface area contributed by atoms with Gasteiger partial charge in [0, 0.05) is 28.6 Å². The average Bonchev–Trinajstić information content (AvgIpc) is 2.80. The van der Waals surface area contributed by atoms with Crippen LogP contribution in [0, 0.1) is 0 Å². The number of hydrogen-bond donors (Lipinski definition) is 3. The number of rotatable bonds is 8. The molecule has 0 radical (unpaired) electrons. The Labute approximate surface area is 184 Å². The molecule has 0 bridgehead atoms. The van der Waals surface area contributed by atoms with Crippen molar-refractivity contribution in [2.75, 3.05) is 12.3 Å². The predicted octanol–water partition coefficient (Wildman–Crippen LogP) is 2.25. The summed E-state index contributed by atoms with van der Waals surface area (Å²) in [6.07, 6.45) is 3.12. The van der Waals surface area contributed by atoms with Crippen LogP contribution in [0.4, 0.5) is 0 Å². The van der Waals surface area contributed by atoms with E-state index in [1.54, 1.807) is 6.20 Å². The molecule has 160 valence electrons. The molecule has 0 saturated carbocycles. The zero-order valence-corrected chi connectivity index (χ0v) is 18.0. The number of hydrogen-bond acceptors (Lipinski definition) is 6. The molecule has 0 aliphatic carbocycles. The number of aromatic nitrogens is 1. The van der Waals surface area contributed by atoms with Crippen LogP contribution in [-0.2, 0) is 14.8 Å². The Kier molecular flexibility index (Phi) is 7.40. The van der Waals surface area contributed by atoms with Crippen LogP contribution in [0.3, 0.4) is 0 Å². The van der Waals surface area contributed by atoms with Gasteiger partial charge in [-0.2, -0.15) is 0 Å². The van der Waals surface area contributed by atoms with E-state index in [1.807, 2.05) is 30.3 Å². The topological polar surface area (TPSA) is 117 Å². The lowest BCUT2D eigenvalue weighted by atomic mass is 10.2. The minimum atomic E-state index is -3.67. The smallest absolute Gasteiger partial charge is 0.269 e. The molecule has 1 aromatic heterocycles. The van der Waals surface area contributed by atoms with Gasteiger partial charge in [-0.3, -0.25) is 25.4 Å². The van der Waals surface area contributed by atoms with Gasteiger partial charge in [0.1, 0.15) is 0 Å². The predicted molar refractivity (Wildman–Crippen MR) is 120 cm³/mol. The molecule has 0 spiro atoms. The van der Waals surface area contributed by atoms with E-state index in [0.29, 0.717) is 0 Å². The Bertz CT molecular complexity index is 1210. The van der Waals surface area contributed by atoms with Gasteiger partial charge in [-0.1, -0.05) is 24.3 Å². The van der Waals surface area contributed by atoms with Crippen LogP contribution in [0.1, 0.15) is 10.4 Å². The number of sulfonamides is 1. The quantitative estimate of drug-likeness (QED) is 0.272. The number of benzene rings is 2. The van der Waals surface area contributed by atoms with Gasteiger partial charge in [0.15, 0.2) is 0 Å². The second-order valence-electron chi connectivity index (χ2n) is 6.29. The third kappa shape index (κ3) is 5.91. The van der Waals surface area contributed by atoms with Crippen LogP contribution >= 0.6 is 11.8 Å². The average molecular weight is 457 g/mol. The van der Waals surface area contributed by atoms with Crippen LogP contribution in [0.2, 0.25) is 0 Å². The molecule has 3 N–H and O–H groups in total. The van der Waals surface area contributed by atoms with Crippen molar-refractivity contribution < 1.29 is 18.0 Å². The van der Waals surface area contributed by atoms with Crippen molar-refractivity contribution in [3.05, 3.63) is 79.0 Å². The summed E-state index contributed by atoms with van der Waals surface area (Å²) in [6.45, 7) is 3.55. The number of carbonyl (C=O) groups excluding carboxylic acids is 2. The first-order valence-electron chi connectivity index (χ1n) is 9.17. The van der Waals surface area contributed by atoms with Crippen LogP contribution in [-0.4, -0.2) is 37.5 Å². The Balaban J connectivity index is 1.53. The van der Waals surface area contributed by atoms with E-state index in [1.165, 1.54) is 42.1 Å². The van der Waals surface area contributed by atoms with Gasteiger partial charge in [0.2, 0.25) is 15.9 Å². The standard InChI is InChI=1S/C21H20N4O4S2/c1-2-12-23-31(28,29)17-10-8-16(9-11-17)21(27)25-24-19(26)14-30-18-7-3-5-15-6-4-13-22-20(15)18/h2-11,13,23H,1,12,14H2,(H,24,26)(H,25,27). The molecule has 0 aliphatic rings. The highest BCUT2D eigenvalue weighted by molar-refractivity contribution is 8.00. The first-order chi connectivity index (χ1) is 14.9. The molecular formula is C21H20N4O4S2. The van der Waals surface area contributed by atoms with E-state index in [4.69, 9.17) is 0 Å². The normalized spacial score (nSPS) is 11.1. The van der Waals surface area contributed by atoms with E-state index in [-0.39, 0.29) is 28.7 Å². The molecule has 0 fully saturated rings. The molecule has 31 heavy (non-hydrogen) atoms. The van der Waals surface area contributed by atoms with Crippen LogP contribution in [0.15, 0.2) is 83.2 Å². The summed E-state index contributed by atoms with van der Waals surface area (Å²) < 4.78 is 26.4. The highest BCUT2D eigenvalue weighted by atomic mass is 32.2. The van der Waals surface area contributed by atoms with Crippen molar-refractivity contribution in [1.29, 1.82) is 0 Å². The number of carbonyl (C=O) groups is 2. The Morgan fingerprint density at radius 3 is 2.52 bits per heavy atom. The van der Waals surface area contributed by atoms with Crippen molar-refractivity contribution in [2.45, 2.75) is 9.79 Å². The maximum atomic E-state index is 12.2. The molecule has 0 unspecified atom stereocenters. The van der Waals surface area contributed by atoms with E-state index in [2.05, 4.69) is 27.1 Å². The van der Waals surface area contributed by atoms with Gasteiger partial charge >= 0.3 is 0 Å². The highest BCUT2D eigenvalue weighted by Crippen LogP contribution is 2.25. The molecule has 10 heteroatoms. The number of nitrogens with one attached hydrogen (secondary N) is 3. The zero-order valence-electron chi connectivity index (χ0n) is 16.4. The number of nitrogens with zero attached hydrogens (tertiary/aromatic N) is 1. The maximum absolute atomic E-state index is 12.2. The lowest BCUT2D eigenvalue weighted by Gasteiger charge is -2.09. The second kappa shape index (κ2) is 10.2. The molecule has 3 rings (SSSR count). The fraction of sp³-hybridized carbons (Fsp3) is 0.0952. The summed E-state index contributed by atoms with van der Waals surface area (Å²) in [4.78, 5) is 29.5. The summed E-state index contributed by atoms with van der Waals surface area (Å²) in [5, 5.41) is 0.978. The highest BCUT2D eigenvalue weighted by Gasteiger charge is 2.14. The number of fused-ring (bicyclic) bond motifs is 1. The third-order valence-electron chi connectivity index (χ3n) is 4.11. The van der Waals surface area contributed by atoms with E-state index in [9.17, 15) is 18.0 Å². The van der Waals surface area contributed by atoms with Gasteiger partial charge in [-0.05, 0) is 36.4 Å². The van der Waals surface area contributed by atoms with Crippen molar-refractivity contribution >= 4 is 44.5 Å². The molecule has 0 saturated heterocycles. The van der Waals surface area contributed by atoms with E-state index >= 15 is 0 Å². The summed E-state index contributed by atoms with van der Waals surface area (Å²) in [6, 6.07) is 14.8. The Hall–Kier alpha value is -3.21. The largest absolute Gasteiger partial charge is 0.272 e. The first kappa shape index (κ1) is 22.5. The van der Waals surface area contributed by atoms with Crippen molar-refractivity contribution in [1.82, 2.24) is 20.6 Å². The molecule has 1 heterocycles. The second-order valence-corrected chi connectivity index (χ2v) is 9.07. The molecular weight excluding hydrogens is 436 g/mol. The minimum Gasteiger partial charge on any atom is -0.272 e. The zero-order chi connectivity index (χ0) is 22.3. The van der Waals surface area contributed by atoms with Gasteiger partial charge in [-0.25, -0.2) is 13.1 Å². The fourth-order valence-electron chi connectivity index (χ4n) is 2.61. The molecule has 0 atom stereocenters. The minimum absolute atomic E-state index is 0.0232. The molecule has 3 aromatic rings. The number of amides is 2. The lowest BCUT2D eigenvalue weighted by Crippen LogP contribution is -2.42. The van der Waals surface area contributed by atoms with Gasteiger partial charge in [0.25, 0.3) is 5.91 Å². The summed E-state index contributed by atoms with van der Waals surface area (Å²) in [5.41, 5.74) is 5.68. The van der Waals surface area contributed by atoms with Gasteiger partial charge < -0.3 is 0 Å². The van der Waals surface area contributed by atoms with Gasteiger partial charge in [-0.15, -0.1) is 18.3 Å². The van der Waals surface area contributed by atoms with Crippen LogP contribution in [0.5, 0.6) is 0 Å². The van der Waals surface area contributed by atoms with E-state index < -0.39 is 15.9 Å². The maximum Gasteiger partial charge on any atom is 0.269 e. The summed E-state index contributed by atoms with van der Waals surface area (Å²) in [7, 11) is -3.67. The fourth-order valence-corrected chi connectivity index (χ4v) is 4.45. The molecule has 2 aromatic carbocycles. The van der Waals surface area contributed by atoms with Crippen molar-refractivity contribution in [3.8, 4) is 0 Å². The molecule has 8 nitrogen and oxygen atoms in total. The summed E-state index contributed by atoms with van der Waals surface area (Å²) >= 11 is 1.31. The number of hydrazine groups is 1. The lowest BCUT2D eigenvalue weighted by molar-refractivity contribution is -0.119. The Morgan fingerprint density at radius 1 is 1.03 bits per heavy atom. The number of para-hydroxylation sites is 1. The summed E-state index contributed by atoms with van der Waals surface area (Å²) in [5.74, 6) is -0.866. The van der Waals surface area contributed by atoms with E-state index in [0.717, 1.165) is 15.8 Å². The van der Waals surface area contributed by atoms with Crippen LogP contribution < -0.4 is 15.6 Å². The van der Waals surface area contributed by atoms with Crippen LogP contribution in [0.25, 0.3) is 10.9 Å². The molecule has 0 aliphatic heterocycles. The number of pyridine rings is 1. The first-order valence-corrected chi connectivity index (χ1v) is 11.6. The third-order valence-corrected chi connectivity index (χ3v) is 6.60. The number of thioether (sulfide) groups is 1. The SMILES string of the molecule is C=CCNS(=O)(=O)c1ccc(C(=O)NNC(=O)CSc2cccc3cccnc23)cc1. The van der Waals surface area contributed by atoms with Crippen molar-refractivity contribution in [3.63, 3.8) is 0 Å². The molecule has 2 amide bonds. The Morgan fingerprint density at radius 2 is 1.77 bits per heavy atom.